The van der Waals surface area contributed by atoms with Gasteiger partial charge in [-0.25, -0.2) is 15.2 Å². The second kappa shape index (κ2) is 4.93. The van der Waals surface area contributed by atoms with Crippen molar-refractivity contribution in [2.75, 3.05) is 0 Å². The lowest BCUT2D eigenvalue weighted by Crippen LogP contribution is -2.44. The van der Waals surface area contributed by atoms with E-state index in [1.54, 1.807) is 26.2 Å². The van der Waals surface area contributed by atoms with Gasteiger partial charge in [0.2, 0.25) is 0 Å². The van der Waals surface area contributed by atoms with Gasteiger partial charge in [0.15, 0.2) is 5.01 Å². The van der Waals surface area contributed by atoms with E-state index in [1.807, 2.05) is 0 Å². The normalized spacial score (nSPS) is 10.7. The molecule has 0 aromatic carbocycles. The molecule has 0 aliphatic carbocycles. The Hall–Kier alpha value is -1.63. The molecule has 88 valence electrons. The molecule has 2 amide bonds. The van der Waals surface area contributed by atoms with Crippen LogP contribution in [0.5, 0.6) is 0 Å². The molecule has 0 atom stereocenters. The molecule has 16 heavy (non-hydrogen) atoms. The van der Waals surface area contributed by atoms with Crippen molar-refractivity contribution in [1.29, 1.82) is 0 Å². The lowest BCUT2D eigenvalue weighted by atomic mass is 10.2. The average Bonchev–Trinajstić information content (AvgIpc) is 2.64. The number of nitrogens with one attached hydrogen (secondary N) is 2. The van der Waals surface area contributed by atoms with Gasteiger partial charge < -0.3 is 4.74 Å². The highest BCUT2D eigenvalue weighted by molar-refractivity contribution is 7.11. The molecule has 0 fully saturated rings. The van der Waals surface area contributed by atoms with Crippen molar-refractivity contribution in [2.45, 2.75) is 26.4 Å². The second-order valence-electron chi connectivity index (χ2n) is 3.92. The quantitative estimate of drug-likeness (QED) is 0.729. The van der Waals surface area contributed by atoms with Crippen LogP contribution in [-0.2, 0) is 4.74 Å². The number of nitrogens with zero attached hydrogens (tertiary/aromatic N) is 1. The highest BCUT2D eigenvalue weighted by Gasteiger charge is 2.17. The van der Waals surface area contributed by atoms with E-state index in [0.29, 0.717) is 0 Å². The molecule has 0 spiro atoms. The number of aromatic nitrogens is 1. The Morgan fingerprint density at radius 3 is 2.56 bits per heavy atom. The molecule has 1 aromatic heterocycles. The Morgan fingerprint density at radius 2 is 2.06 bits per heavy atom. The summed E-state index contributed by atoms with van der Waals surface area (Å²) in [5.41, 5.74) is 3.72. The van der Waals surface area contributed by atoms with Crippen LogP contribution in [0.15, 0.2) is 11.6 Å². The van der Waals surface area contributed by atoms with Gasteiger partial charge in [-0.1, -0.05) is 0 Å². The van der Waals surface area contributed by atoms with E-state index in [1.165, 1.54) is 17.5 Å². The van der Waals surface area contributed by atoms with Gasteiger partial charge in [-0.3, -0.25) is 10.2 Å². The number of carbonyl (C=O) groups excluding carboxylic acids is 2. The summed E-state index contributed by atoms with van der Waals surface area (Å²) in [5.74, 6) is -0.471. The van der Waals surface area contributed by atoms with Gasteiger partial charge in [-0.05, 0) is 20.8 Å². The zero-order chi connectivity index (χ0) is 12.2. The molecule has 0 unspecified atom stereocenters. The number of ether oxygens (including phenoxy) is 1. The fourth-order valence-corrected chi connectivity index (χ4v) is 1.33. The standard InChI is InChI=1S/C9H13N3O3S/c1-9(2,3)15-8(14)12-11-6(13)7-10-4-5-16-7/h4-5H,1-3H3,(H,11,13)(H,12,14). The predicted octanol–water partition coefficient (Wildman–Crippen LogP) is 1.31. The van der Waals surface area contributed by atoms with Crippen LogP contribution in [-0.4, -0.2) is 22.6 Å². The zero-order valence-electron chi connectivity index (χ0n) is 9.23. The third-order valence-corrected chi connectivity index (χ3v) is 2.08. The second-order valence-corrected chi connectivity index (χ2v) is 4.81. The maximum Gasteiger partial charge on any atom is 0.426 e. The topological polar surface area (TPSA) is 80.3 Å². The summed E-state index contributed by atoms with van der Waals surface area (Å²) in [7, 11) is 0. The number of hydrazine groups is 1. The first kappa shape index (κ1) is 12.4. The van der Waals surface area contributed by atoms with Crippen molar-refractivity contribution in [3.05, 3.63) is 16.6 Å². The van der Waals surface area contributed by atoms with Gasteiger partial charge in [0.05, 0.1) is 0 Å². The van der Waals surface area contributed by atoms with Crippen LogP contribution in [0.4, 0.5) is 4.79 Å². The Morgan fingerprint density at radius 1 is 1.38 bits per heavy atom. The van der Waals surface area contributed by atoms with Crippen molar-refractivity contribution >= 4 is 23.3 Å². The summed E-state index contributed by atoms with van der Waals surface area (Å²) < 4.78 is 4.92. The maximum atomic E-state index is 11.3. The fourth-order valence-electron chi connectivity index (χ4n) is 0.800. The lowest BCUT2D eigenvalue weighted by Gasteiger charge is -2.19. The van der Waals surface area contributed by atoms with Crippen molar-refractivity contribution in [1.82, 2.24) is 15.8 Å². The summed E-state index contributed by atoms with van der Waals surface area (Å²) in [6.07, 6.45) is 0.796. The smallest absolute Gasteiger partial charge is 0.426 e. The molecule has 0 aliphatic rings. The molecule has 1 aromatic rings. The molecule has 2 N–H and O–H groups in total. The van der Waals surface area contributed by atoms with Gasteiger partial charge in [-0.2, -0.15) is 0 Å². The molecular formula is C9H13N3O3S. The van der Waals surface area contributed by atoms with Crippen LogP contribution < -0.4 is 10.9 Å². The highest BCUT2D eigenvalue weighted by atomic mass is 32.1. The minimum atomic E-state index is -0.711. The maximum absolute atomic E-state index is 11.3. The summed E-state index contributed by atoms with van der Waals surface area (Å²) in [4.78, 5) is 26.3. The Bertz CT molecular complexity index is 370. The van der Waals surface area contributed by atoms with E-state index >= 15 is 0 Å². The number of hydrogen-bond acceptors (Lipinski definition) is 5. The highest BCUT2D eigenvalue weighted by Crippen LogP contribution is 2.06. The van der Waals surface area contributed by atoms with Gasteiger partial charge in [0, 0.05) is 11.6 Å². The minimum absolute atomic E-state index is 0.274. The monoisotopic (exact) mass is 243 g/mol. The number of carbonyl (C=O) groups is 2. The van der Waals surface area contributed by atoms with E-state index in [9.17, 15) is 9.59 Å². The summed E-state index contributed by atoms with van der Waals surface area (Å²) in [6.45, 7) is 5.19. The number of amides is 2. The molecule has 0 radical (unpaired) electrons. The molecule has 7 heteroatoms. The van der Waals surface area contributed by atoms with E-state index in [2.05, 4.69) is 15.8 Å². The van der Waals surface area contributed by atoms with Crippen molar-refractivity contribution < 1.29 is 14.3 Å². The molecule has 0 saturated heterocycles. The van der Waals surface area contributed by atoms with Crippen LogP contribution in [0.1, 0.15) is 30.6 Å². The van der Waals surface area contributed by atoms with E-state index < -0.39 is 17.6 Å². The minimum Gasteiger partial charge on any atom is -0.443 e. The van der Waals surface area contributed by atoms with Crippen molar-refractivity contribution in [3.63, 3.8) is 0 Å². The molecule has 0 aliphatic heterocycles. The lowest BCUT2D eigenvalue weighted by molar-refractivity contribution is 0.0483. The molecule has 0 bridgehead atoms. The number of hydrogen-bond donors (Lipinski definition) is 2. The van der Waals surface area contributed by atoms with Crippen LogP contribution >= 0.6 is 11.3 Å². The molecule has 6 nitrogen and oxygen atoms in total. The van der Waals surface area contributed by atoms with Gasteiger partial charge in [0.25, 0.3) is 5.91 Å². The third-order valence-electron chi connectivity index (χ3n) is 1.30. The Labute approximate surface area is 97.0 Å². The summed E-state index contributed by atoms with van der Waals surface area (Å²) in [6, 6.07) is 0. The van der Waals surface area contributed by atoms with Crippen molar-refractivity contribution in [3.8, 4) is 0 Å². The van der Waals surface area contributed by atoms with Gasteiger partial charge >= 0.3 is 6.09 Å². The Balaban J connectivity index is 2.35. The largest absolute Gasteiger partial charge is 0.443 e. The van der Waals surface area contributed by atoms with Crippen LogP contribution in [0.2, 0.25) is 0 Å². The van der Waals surface area contributed by atoms with Gasteiger partial charge in [0.1, 0.15) is 5.60 Å². The number of thiazole rings is 1. The first-order valence-corrected chi connectivity index (χ1v) is 5.45. The summed E-state index contributed by atoms with van der Waals surface area (Å²) in [5, 5.41) is 1.94. The first-order valence-electron chi connectivity index (χ1n) is 4.57. The molecule has 1 rings (SSSR count). The fraction of sp³-hybridized carbons (Fsp3) is 0.444. The number of rotatable bonds is 1. The van der Waals surface area contributed by atoms with Crippen molar-refractivity contribution in [2.24, 2.45) is 0 Å². The van der Waals surface area contributed by atoms with Crippen LogP contribution in [0.3, 0.4) is 0 Å². The Kier molecular flexibility index (Phi) is 3.83. The van der Waals surface area contributed by atoms with Crippen LogP contribution in [0, 0.1) is 0 Å². The van der Waals surface area contributed by atoms with Crippen LogP contribution in [0.25, 0.3) is 0 Å². The first-order chi connectivity index (χ1) is 7.38. The average molecular weight is 243 g/mol. The van der Waals surface area contributed by atoms with Gasteiger partial charge in [-0.15, -0.1) is 11.3 Å². The summed E-state index contributed by atoms with van der Waals surface area (Å²) >= 11 is 1.18. The predicted molar refractivity (Wildman–Crippen MR) is 58.9 cm³/mol. The van der Waals surface area contributed by atoms with E-state index in [-0.39, 0.29) is 5.01 Å². The zero-order valence-corrected chi connectivity index (χ0v) is 10.1. The third kappa shape index (κ3) is 4.26. The van der Waals surface area contributed by atoms with E-state index in [0.717, 1.165) is 0 Å². The molecule has 0 saturated carbocycles. The molecule has 1 heterocycles. The van der Waals surface area contributed by atoms with E-state index in [4.69, 9.17) is 4.74 Å². The molecular weight excluding hydrogens is 230 g/mol. The SMILES string of the molecule is CC(C)(C)OC(=O)NNC(=O)c1nccs1.